The molecule has 0 radical (unpaired) electrons. The van der Waals surface area contributed by atoms with E-state index in [1.807, 2.05) is 6.07 Å². The number of hydrogen-bond acceptors (Lipinski definition) is 8. The minimum absolute atomic E-state index is 0.000760. The van der Waals surface area contributed by atoms with Crippen molar-refractivity contribution in [3.05, 3.63) is 94.5 Å². The highest BCUT2D eigenvalue weighted by atomic mass is 35.5. The Kier molecular flexibility index (Phi) is 16.3. The van der Waals surface area contributed by atoms with Crippen molar-refractivity contribution in [2.75, 3.05) is 25.6 Å². The first kappa shape index (κ1) is 41.0. The third-order valence-electron chi connectivity index (χ3n) is 9.02. The first-order valence-corrected chi connectivity index (χ1v) is 18.8. The largest absolute Gasteiger partial charge is 0.497 e. The van der Waals surface area contributed by atoms with Gasteiger partial charge in [-0.05, 0) is 61.4 Å². The quantitative estimate of drug-likeness (QED) is 0.0356. The molecule has 0 spiro atoms. The zero-order valence-corrected chi connectivity index (χ0v) is 31.6. The number of rotatable bonds is 22. The summed E-state index contributed by atoms with van der Waals surface area (Å²) in [4.78, 5) is 70.9. The highest BCUT2D eigenvalue weighted by molar-refractivity contribution is 6.34. The number of esters is 1. The van der Waals surface area contributed by atoms with Crippen molar-refractivity contribution in [2.45, 2.75) is 96.9 Å². The van der Waals surface area contributed by atoms with Crippen LogP contribution in [0.4, 0.5) is 10.5 Å². The average Bonchev–Trinajstić information content (AvgIpc) is 3.38. The zero-order valence-electron chi connectivity index (χ0n) is 30.8. The molecule has 1 aliphatic heterocycles. The second kappa shape index (κ2) is 21.1. The first-order valence-electron chi connectivity index (χ1n) is 18.4. The molecule has 2 atom stereocenters. The molecule has 1 aliphatic rings. The molecule has 4 rings (SSSR count). The number of carbonyl (C=O) groups excluding carboxylic acids is 5. The maximum Gasteiger partial charge on any atom is 0.338 e. The molecule has 3 aromatic carbocycles. The Morgan fingerprint density at radius 1 is 0.811 bits per heavy atom. The van der Waals surface area contributed by atoms with Crippen molar-refractivity contribution in [1.82, 2.24) is 9.80 Å². The monoisotopic (exact) mass is 747 g/mol. The topological polar surface area (TPSA) is 132 Å². The predicted molar refractivity (Wildman–Crippen MR) is 203 cm³/mol. The Bertz CT molecular complexity index is 1680. The van der Waals surface area contributed by atoms with E-state index in [0.29, 0.717) is 16.2 Å². The second-order valence-electron chi connectivity index (χ2n) is 12.9. The molecule has 284 valence electrons. The van der Waals surface area contributed by atoms with E-state index in [0.717, 1.165) is 25.7 Å². The lowest BCUT2D eigenvalue weighted by Gasteiger charge is -2.25. The van der Waals surface area contributed by atoms with Gasteiger partial charge in [0.2, 0.25) is 6.23 Å². The van der Waals surface area contributed by atoms with Crippen LogP contribution in [0.25, 0.3) is 0 Å². The van der Waals surface area contributed by atoms with Crippen LogP contribution in [-0.2, 0) is 25.6 Å². The molecule has 12 heteroatoms. The molecule has 1 fully saturated rings. The molecule has 0 unspecified atom stereocenters. The summed E-state index contributed by atoms with van der Waals surface area (Å²) in [5, 5.41) is 2.66. The number of unbranched alkanes of at least 4 members (excludes halogenated alkanes) is 9. The highest BCUT2D eigenvalue weighted by Crippen LogP contribution is 2.29. The van der Waals surface area contributed by atoms with Gasteiger partial charge < -0.3 is 19.5 Å². The molecule has 3 aromatic rings. The Morgan fingerprint density at radius 3 is 2.06 bits per heavy atom. The molecule has 1 saturated heterocycles. The van der Waals surface area contributed by atoms with Crippen LogP contribution in [-0.4, -0.2) is 72.0 Å². The van der Waals surface area contributed by atoms with Crippen molar-refractivity contribution in [3.8, 4) is 5.75 Å². The van der Waals surface area contributed by atoms with E-state index in [-0.39, 0.29) is 41.6 Å². The Morgan fingerprint density at radius 2 is 1.43 bits per heavy atom. The number of ether oxygens (including phenoxy) is 3. The number of carbonyl (C=O) groups is 5. The predicted octanol–water partition coefficient (Wildman–Crippen LogP) is 8.44. The van der Waals surface area contributed by atoms with Crippen LogP contribution >= 0.6 is 11.6 Å². The number of hydrogen-bond donors (Lipinski definition) is 1. The smallest absolute Gasteiger partial charge is 0.338 e. The van der Waals surface area contributed by atoms with Gasteiger partial charge in [-0.3, -0.25) is 19.3 Å². The fraction of sp³-hybridized carbons (Fsp3) is 0.439. The molecule has 0 bridgehead atoms. The van der Waals surface area contributed by atoms with Crippen LogP contribution in [0.3, 0.4) is 0 Å². The molecule has 4 amide bonds. The minimum Gasteiger partial charge on any atom is -0.497 e. The van der Waals surface area contributed by atoms with E-state index < -0.39 is 41.9 Å². The minimum atomic E-state index is -1.95. The standard InChI is InChI=1S/C41H50ClN3O8/c1-4-6-7-8-9-10-11-12-13-17-26-53-40(49)31-22-25-33(42)34(27-31)43-37(47)35(36(46)30-20-23-32(51-3)24-21-30)45-38(48)39(52-5-2)44(41(45)50)28-29-18-15-14-16-19-29/h14-16,18-25,27,35,39H,4-13,17,26,28H2,1-3H3,(H,43,47)/t35-,39-/m0/s1. The number of benzene rings is 3. The van der Waals surface area contributed by atoms with Gasteiger partial charge in [0.1, 0.15) is 5.75 Å². The number of halogens is 1. The van der Waals surface area contributed by atoms with Crippen molar-refractivity contribution in [3.63, 3.8) is 0 Å². The number of ketones is 1. The molecule has 11 nitrogen and oxygen atoms in total. The van der Waals surface area contributed by atoms with Crippen LogP contribution in [0.5, 0.6) is 5.75 Å². The zero-order chi connectivity index (χ0) is 38.2. The number of anilines is 1. The van der Waals surface area contributed by atoms with Gasteiger partial charge in [-0.1, -0.05) is 107 Å². The summed E-state index contributed by atoms with van der Waals surface area (Å²) in [7, 11) is 1.47. The van der Waals surface area contributed by atoms with Gasteiger partial charge in [0, 0.05) is 12.2 Å². The van der Waals surface area contributed by atoms with Crippen LogP contribution in [0, 0.1) is 0 Å². The molecule has 1 N–H and O–H groups in total. The summed E-state index contributed by atoms with van der Waals surface area (Å²) in [6, 6.07) is 16.3. The summed E-state index contributed by atoms with van der Waals surface area (Å²) in [5.74, 6) is -2.84. The summed E-state index contributed by atoms with van der Waals surface area (Å²) in [5.41, 5.74) is 0.899. The van der Waals surface area contributed by atoms with Crippen LogP contribution < -0.4 is 10.1 Å². The molecule has 0 saturated carbocycles. The number of urea groups is 1. The van der Waals surface area contributed by atoms with Crippen molar-refractivity contribution < 1.29 is 38.2 Å². The van der Waals surface area contributed by atoms with Gasteiger partial charge in [0.05, 0.1) is 36.5 Å². The third-order valence-corrected chi connectivity index (χ3v) is 9.35. The molecule has 0 aliphatic carbocycles. The van der Waals surface area contributed by atoms with E-state index in [1.165, 1.54) is 93.0 Å². The number of amides is 4. The fourth-order valence-corrected chi connectivity index (χ4v) is 6.29. The summed E-state index contributed by atoms with van der Waals surface area (Å²) >= 11 is 6.46. The molecule has 53 heavy (non-hydrogen) atoms. The van der Waals surface area contributed by atoms with E-state index >= 15 is 0 Å². The third kappa shape index (κ3) is 11.4. The van der Waals surface area contributed by atoms with Gasteiger partial charge in [0.25, 0.3) is 11.8 Å². The number of nitrogens with one attached hydrogen (secondary N) is 1. The maximum absolute atomic E-state index is 14.1. The normalized spacial score (nSPS) is 14.7. The molecular weight excluding hydrogens is 698 g/mol. The van der Waals surface area contributed by atoms with Gasteiger partial charge in [0.15, 0.2) is 11.8 Å². The van der Waals surface area contributed by atoms with E-state index in [1.54, 1.807) is 31.2 Å². The van der Waals surface area contributed by atoms with Crippen molar-refractivity contribution in [2.24, 2.45) is 0 Å². The van der Waals surface area contributed by atoms with Gasteiger partial charge in [-0.15, -0.1) is 0 Å². The maximum atomic E-state index is 14.1. The lowest BCUT2D eigenvalue weighted by Crippen LogP contribution is -2.52. The highest BCUT2D eigenvalue weighted by Gasteiger charge is 2.53. The molecular formula is C41H50ClN3O8. The molecule has 1 heterocycles. The number of imide groups is 1. The lowest BCUT2D eigenvalue weighted by molar-refractivity contribution is -0.144. The average molecular weight is 748 g/mol. The van der Waals surface area contributed by atoms with E-state index in [2.05, 4.69) is 12.2 Å². The van der Waals surface area contributed by atoms with Crippen molar-refractivity contribution >= 4 is 46.9 Å². The van der Waals surface area contributed by atoms with Crippen molar-refractivity contribution in [1.29, 1.82) is 0 Å². The lowest BCUT2D eigenvalue weighted by atomic mass is 10.0. The van der Waals surface area contributed by atoms with Gasteiger partial charge in [-0.25, -0.2) is 14.5 Å². The number of Topliss-reactive ketones (excluding diaryl/α,β-unsaturated/α-hetero) is 1. The summed E-state index contributed by atoms with van der Waals surface area (Å²) < 4.78 is 16.4. The van der Waals surface area contributed by atoms with Crippen LogP contribution in [0.1, 0.15) is 104 Å². The Balaban J connectivity index is 1.49. The summed E-state index contributed by atoms with van der Waals surface area (Å²) in [6.45, 7) is 4.21. The van der Waals surface area contributed by atoms with E-state index in [9.17, 15) is 24.0 Å². The Labute approximate surface area is 316 Å². The van der Waals surface area contributed by atoms with Crippen LogP contribution in [0.15, 0.2) is 72.8 Å². The van der Waals surface area contributed by atoms with Gasteiger partial charge >= 0.3 is 12.0 Å². The van der Waals surface area contributed by atoms with E-state index in [4.69, 9.17) is 25.8 Å². The number of methoxy groups -OCH3 is 1. The SMILES string of the molecule is CCCCCCCCCCCCOC(=O)c1ccc(Cl)c(NC(=O)[C@H](C(=O)c2ccc(OC)cc2)N2C(=O)[C@H](OCC)N(Cc3ccccc3)C2=O)c1. The van der Waals surface area contributed by atoms with Crippen LogP contribution in [0.2, 0.25) is 5.02 Å². The second-order valence-corrected chi connectivity index (χ2v) is 13.3. The van der Waals surface area contributed by atoms with Gasteiger partial charge in [-0.2, -0.15) is 0 Å². The first-order chi connectivity index (χ1) is 25.7. The number of nitrogens with zero attached hydrogens (tertiary/aromatic N) is 2. The Hall–Kier alpha value is -4.74. The molecule has 0 aromatic heterocycles. The summed E-state index contributed by atoms with van der Waals surface area (Å²) in [6.07, 6.45) is 10.1. The fourth-order valence-electron chi connectivity index (χ4n) is 6.13.